The third-order valence-corrected chi connectivity index (χ3v) is 3.13. The summed E-state index contributed by atoms with van der Waals surface area (Å²) >= 11 is 2.31. The highest BCUT2D eigenvalue weighted by atomic mass is 127. The topological polar surface area (TPSA) is 18.5 Å². The Balaban J connectivity index is 3.39. The van der Waals surface area contributed by atoms with E-state index in [0.717, 1.165) is 30.5 Å². The Labute approximate surface area is 120 Å². The van der Waals surface area contributed by atoms with Crippen molar-refractivity contribution in [1.29, 1.82) is 0 Å². The third-order valence-electron chi connectivity index (χ3n) is 2.41. The first-order valence-corrected chi connectivity index (χ1v) is 8.31. The summed E-state index contributed by atoms with van der Waals surface area (Å²) in [5, 5.41) is 0. The van der Waals surface area contributed by atoms with Crippen molar-refractivity contribution in [2.75, 3.05) is 17.6 Å². The Morgan fingerprint density at radius 3 is 2.24 bits per heavy atom. The molecule has 0 saturated carbocycles. The first-order valence-electron chi connectivity index (χ1n) is 6.79. The summed E-state index contributed by atoms with van der Waals surface area (Å²) in [6.45, 7) is 5.97. The lowest BCUT2D eigenvalue weighted by molar-refractivity contribution is -0.124. The molecular weight excluding hydrogens is 327 g/mol. The molecule has 0 amide bonds. The van der Waals surface area contributed by atoms with E-state index < -0.39 is 0 Å². The van der Waals surface area contributed by atoms with Crippen LogP contribution in [-0.4, -0.2) is 23.9 Å². The lowest BCUT2D eigenvalue weighted by atomic mass is 10.2. The van der Waals surface area contributed by atoms with E-state index in [9.17, 15) is 0 Å². The van der Waals surface area contributed by atoms with Crippen LogP contribution in [0.5, 0.6) is 0 Å². The zero-order valence-corrected chi connectivity index (χ0v) is 13.4. The Bertz CT molecular complexity index is 172. The average Bonchev–Trinajstić information content (AvgIpc) is 2.35. The second kappa shape index (κ2) is 14.5. The Hall–Kier alpha value is 0.390. The average molecular weight is 354 g/mol. The molecule has 102 valence electrons. The predicted molar refractivity (Wildman–Crippen MR) is 82.8 cm³/mol. The minimum absolute atomic E-state index is 0.0220. The van der Waals surface area contributed by atoms with Gasteiger partial charge in [0.1, 0.15) is 0 Å². The van der Waals surface area contributed by atoms with Crippen molar-refractivity contribution in [3.63, 3.8) is 0 Å². The molecule has 0 fully saturated rings. The van der Waals surface area contributed by atoms with Crippen LogP contribution in [0.2, 0.25) is 0 Å². The van der Waals surface area contributed by atoms with Crippen LogP contribution in [0.4, 0.5) is 0 Å². The molecule has 0 rings (SSSR count). The molecule has 0 saturated heterocycles. The van der Waals surface area contributed by atoms with Gasteiger partial charge >= 0.3 is 0 Å². The van der Waals surface area contributed by atoms with E-state index in [1.54, 1.807) is 0 Å². The van der Waals surface area contributed by atoms with Crippen LogP contribution in [0, 0.1) is 0 Å². The lowest BCUT2D eigenvalue weighted by Gasteiger charge is -2.15. The Kier molecular flexibility index (Phi) is 14.8. The van der Waals surface area contributed by atoms with Crippen molar-refractivity contribution < 1.29 is 9.47 Å². The number of rotatable bonds is 12. The van der Waals surface area contributed by atoms with Crippen molar-refractivity contribution in [1.82, 2.24) is 0 Å². The van der Waals surface area contributed by atoms with Crippen LogP contribution in [0.1, 0.15) is 52.4 Å². The second-order valence-electron chi connectivity index (χ2n) is 4.08. The molecule has 0 heterocycles. The predicted octanol–water partition coefficient (Wildman–Crippen LogP) is 4.72. The summed E-state index contributed by atoms with van der Waals surface area (Å²) in [6, 6.07) is 0. The van der Waals surface area contributed by atoms with Gasteiger partial charge in [0.15, 0.2) is 6.29 Å². The molecule has 0 aliphatic heterocycles. The van der Waals surface area contributed by atoms with E-state index >= 15 is 0 Å². The minimum atomic E-state index is -0.0220. The van der Waals surface area contributed by atoms with E-state index in [1.165, 1.54) is 25.7 Å². The molecule has 0 aromatic carbocycles. The van der Waals surface area contributed by atoms with Gasteiger partial charge in [0.2, 0.25) is 0 Å². The lowest BCUT2D eigenvalue weighted by Crippen LogP contribution is -2.20. The van der Waals surface area contributed by atoms with Crippen LogP contribution in [0.15, 0.2) is 12.2 Å². The summed E-state index contributed by atoms with van der Waals surface area (Å²) in [6.07, 6.45) is 11.5. The quantitative estimate of drug-likeness (QED) is 0.166. The largest absolute Gasteiger partial charge is 0.352 e. The molecular formula is C14H27IO2. The maximum absolute atomic E-state index is 5.66. The number of hydrogen-bond acceptors (Lipinski definition) is 2. The second-order valence-corrected chi connectivity index (χ2v) is 4.96. The number of alkyl halides is 1. The maximum Gasteiger partial charge on any atom is 0.166 e. The summed E-state index contributed by atoms with van der Waals surface area (Å²) in [5.74, 6) is 0. The maximum atomic E-state index is 5.66. The van der Waals surface area contributed by atoms with Gasteiger partial charge in [-0.3, -0.25) is 0 Å². The van der Waals surface area contributed by atoms with Crippen molar-refractivity contribution in [2.45, 2.75) is 58.7 Å². The molecule has 0 N–H and O–H groups in total. The molecule has 0 radical (unpaired) electrons. The van der Waals surface area contributed by atoms with Gasteiger partial charge in [-0.1, -0.05) is 67.9 Å². The molecule has 1 atom stereocenters. The summed E-state index contributed by atoms with van der Waals surface area (Å²) < 4.78 is 12.2. The van der Waals surface area contributed by atoms with Gasteiger partial charge in [0.05, 0.1) is 11.0 Å². The standard InChI is InChI=1S/C14H27IO2/c1-3-5-7-8-9-10-12-17-14(13-15)16-11-6-4-2/h8-9,14H,3-7,10-13H2,1-2H3/b9-8-. The minimum Gasteiger partial charge on any atom is -0.352 e. The number of hydrogen-bond donors (Lipinski definition) is 0. The fourth-order valence-corrected chi connectivity index (χ4v) is 1.83. The van der Waals surface area contributed by atoms with Gasteiger partial charge in [-0.2, -0.15) is 0 Å². The van der Waals surface area contributed by atoms with Crippen LogP contribution >= 0.6 is 22.6 Å². The molecule has 0 aliphatic carbocycles. The zero-order chi connectivity index (χ0) is 12.8. The van der Waals surface area contributed by atoms with Gasteiger partial charge in [0.25, 0.3) is 0 Å². The Morgan fingerprint density at radius 1 is 0.941 bits per heavy atom. The number of ether oxygens (including phenoxy) is 2. The highest BCUT2D eigenvalue weighted by Crippen LogP contribution is 2.04. The molecule has 0 aromatic rings. The Morgan fingerprint density at radius 2 is 1.59 bits per heavy atom. The number of unbranched alkanes of at least 4 members (excludes halogenated alkanes) is 3. The SMILES string of the molecule is CCCC/C=C\CCOC(CI)OCCCC. The molecule has 1 unspecified atom stereocenters. The molecule has 0 spiro atoms. The molecule has 0 bridgehead atoms. The van der Waals surface area contributed by atoms with Gasteiger partial charge < -0.3 is 9.47 Å². The highest BCUT2D eigenvalue weighted by molar-refractivity contribution is 14.1. The van der Waals surface area contributed by atoms with Gasteiger partial charge in [-0.15, -0.1) is 0 Å². The fourth-order valence-electron chi connectivity index (χ4n) is 1.32. The molecule has 17 heavy (non-hydrogen) atoms. The third kappa shape index (κ3) is 12.6. The van der Waals surface area contributed by atoms with Crippen molar-refractivity contribution in [3.8, 4) is 0 Å². The van der Waals surface area contributed by atoms with E-state index in [2.05, 4.69) is 48.6 Å². The van der Waals surface area contributed by atoms with E-state index in [1.807, 2.05) is 0 Å². The fraction of sp³-hybridized carbons (Fsp3) is 0.857. The van der Waals surface area contributed by atoms with Crippen molar-refractivity contribution in [2.24, 2.45) is 0 Å². The molecule has 0 aliphatic rings. The van der Waals surface area contributed by atoms with Gasteiger partial charge in [0, 0.05) is 6.61 Å². The first kappa shape index (κ1) is 17.4. The summed E-state index contributed by atoms with van der Waals surface area (Å²) in [4.78, 5) is 0. The number of allylic oxidation sites excluding steroid dienone is 1. The number of halogens is 1. The molecule has 0 aromatic heterocycles. The van der Waals surface area contributed by atoms with E-state index in [0.29, 0.717) is 0 Å². The van der Waals surface area contributed by atoms with Crippen LogP contribution in [0.3, 0.4) is 0 Å². The normalized spacial score (nSPS) is 13.4. The van der Waals surface area contributed by atoms with Crippen molar-refractivity contribution in [3.05, 3.63) is 12.2 Å². The highest BCUT2D eigenvalue weighted by Gasteiger charge is 2.05. The zero-order valence-electron chi connectivity index (χ0n) is 11.3. The van der Waals surface area contributed by atoms with Crippen LogP contribution in [-0.2, 0) is 9.47 Å². The smallest absolute Gasteiger partial charge is 0.166 e. The van der Waals surface area contributed by atoms with Crippen molar-refractivity contribution >= 4 is 22.6 Å². The van der Waals surface area contributed by atoms with Gasteiger partial charge in [-0.25, -0.2) is 0 Å². The van der Waals surface area contributed by atoms with E-state index in [-0.39, 0.29) is 6.29 Å². The molecule has 2 nitrogen and oxygen atoms in total. The monoisotopic (exact) mass is 354 g/mol. The summed E-state index contributed by atoms with van der Waals surface area (Å²) in [7, 11) is 0. The first-order chi connectivity index (χ1) is 8.35. The van der Waals surface area contributed by atoms with E-state index in [4.69, 9.17) is 9.47 Å². The van der Waals surface area contributed by atoms with Crippen LogP contribution < -0.4 is 0 Å². The summed E-state index contributed by atoms with van der Waals surface area (Å²) in [5.41, 5.74) is 0. The van der Waals surface area contributed by atoms with Gasteiger partial charge in [-0.05, 0) is 19.3 Å². The van der Waals surface area contributed by atoms with Crippen LogP contribution in [0.25, 0.3) is 0 Å². The molecule has 3 heteroatoms.